The lowest BCUT2D eigenvalue weighted by Crippen LogP contribution is -2.13. The fraction of sp³-hybridized carbons (Fsp3) is 0.292. The summed E-state index contributed by atoms with van der Waals surface area (Å²) in [5, 5.41) is 12.4. The Morgan fingerprint density at radius 1 is 1.03 bits per heavy atom. The van der Waals surface area contributed by atoms with Crippen LogP contribution in [0.1, 0.15) is 50.7 Å². The van der Waals surface area contributed by atoms with Gasteiger partial charge in [-0.1, -0.05) is 50.1 Å². The molecule has 0 saturated heterocycles. The molecule has 1 aliphatic rings. The van der Waals surface area contributed by atoms with Gasteiger partial charge in [0.15, 0.2) is 0 Å². The number of pyridine rings is 1. The predicted molar refractivity (Wildman–Crippen MR) is 120 cm³/mol. The smallest absolute Gasteiger partial charge is 0.320 e. The highest BCUT2D eigenvalue weighted by atomic mass is 16.4. The highest BCUT2D eigenvalue weighted by molar-refractivity contribution is 5.95. The van der Waals surface area contributed by atoms with Crippen molar-refractivity contribution in [1.29, 1.82) is 0 Å². The van der Waals surface area contributed by atoms with Crippen LogP contribution in [0.5, 0.6) is 0 Å². The molecule has 6 heteroatoms. The fourth-order valence-electron chi connectivity index (χ4n) is 3.73. The van der Waals surface area contributed by atoms with E-state index in [4.69, 9.17) is 15.1 Å². The molecule has 1 saturated carbocycles. The van der Waals surface area contributed by atoms with Crippen LogP contribution in [0.25, 0.3) is 22.5 Å². The Labute approximate surface area is 175 Å². The van der Waals surface area contributed by atoms with Gasteiger partial charge in [0, 0.05) is 16.8 Å². The quantitative estimate of drug-likeness (QED) is 0.452. The molecule has 0 radical (unpaired) electrons. The van der Waals surface area contributed by atoms with Crippen LogP contribution >= 0.6 is 0 Å². The molecule has 5 rings (SSSR count). The summed E-state index contributed by atoms with van der Waals surface area (Å²) in [6.45, 7) is 6.62. The molecule has 1 fully saturated rings. The van der Waals surface area contributed by atoms with Gasteiger partial charge in [-0.2, -0.15) is 0 Å². The van der Waals surface area contributed by atoms with E-state index in [-0.39, 0.29) is 5.41 Å². The van der Waals surface area contributed by atoms with Crippen LogP contribution in [0.15, 0.2) is 52.9 Å². The van der Waals surface area contributed by atoms with E-state index in [1.165, 1.54) is 24.0 Å². The molecule has 2 heterocycles. The Kier molecular flexibility index (Phi) is 4.24. The topological polar surface area (TPSA) is 89.9 Å². The second-order valence-electron chi connectivity index (χ2n) is 8.99. The van der Waals surface area contributed by atoms with Crippen molar-refractivity contribution >= 4 is 28.3 Å². The summed E-state index contributed by atoms with van der Waals surface area (Å²) in [5.41, 5.74) is 12.0. The van der Waals surface area contributed by atoms with Crippen LogP contribution in [0.4, 0.5) is 17.4 Å². The summed E-state index contributed by atoms with van der Waals surface area (Å²) in [6.07, 6.45) is 2.50. The molecule has 3 N–H and O–H groups in total. The molecule has 0 spiro atoms. The lowest BCUT2D eigenvalue weighted by atomic mass is 9.83. The zero-order chi connectivity index (χ0) is 20.9. The SMILES string of the molecule is CC(C)(C)c1cc(C2CC2)cc2c(N)cc(-c3nnc(Nc4ccccc4)o3)nc12. The Morgan fingerprint density at radius 3 is 2.50 bits per heavy atom. The van der Waals surface area contributed by atoms with Gasteiger partial charge in [-0.3, -0.25) is 0 Å². The average Bonchev–Trinajstić information content (AvgIpc) is 3.46. The van der Waals surface area contributed by atoms with Crippen LogP contribution in [-0.2, 0) is 5.41 Å². The second-order valence-corrected chi connectivity index (χ2v) is 8.99. The number of fused-ring (bicyclic) bond motifs is 1. The summed E-state index contributed by atoms with van der Waals surface area (Å²) < 4.78 is 5.82. The van der Waals surface area contributed by atoms with Gasteiger partial charge in [0.1, 0.15) is 5.69 Å². The van der Waals surface area contributed by atoms with E-state index in [0.29, 0.717) is 29.2 Å². The van der Waals surface area contributed by atoms with E-state index in [0.717, 1.165) is 16.6 Å². The van der Waals surface area contributed by atoms with Crippen molar-refractivity contribution < 1.29 is 4.42 Å². The largest absolute Gasteiger partial charge is 0.401 e. The van der Waals surface area contributed by atoms with Gasteiger partial charge >= 0.3 is 6.01 Å². The maximum Gasteiger partial charge on any atom is 0.320 e. The van der Waals surface area contributed by atoms with Crippen LogP contribution in [-0.4, -0.2) is 15.2 Å². The molecular weight excluding hydrogens is 374 g/mol. The number of hydrogen-bond donors (Lipinski definition) is 2. The monoisotopic (exact) mass is 399 g/mol. The lowest BCUT2D eigenvalue weighted by molar-refractivity contribution is 0.584. The van der Waals surface area contributed by atoms with Crippen molar-refractivity contribution in [3.05, 3.63) is 59.7 Å². The Bertz CT molecular complexity index is 1220. The first-order valence-electron chi connectivity index (χ1n) is 10.3. The number of aromatic nitrogens is 3. The average molecular weight is 399 g/mol. The normalized spacial score (nSPS) is 14.2. The number of benzene rings is 2. The molecule has 152 valence electrons. The van der Waals surface area contributed by atoms with Crippen LogP contribution in [0.2, 0.25) is 0 Å². The van der Waals surface area contributed by atoms with Gasteiger partial charge < -0.3 is 15.5 Å². The molecule has 0 atom stereocenters. The maximum atomic E-state index is 6.48. The Hall–Kier alpha value is -3.41. The third-order valence-corrected chi connectivity index (χ3v) is 5.49. The summed E-state index contributed by atoms with van der Waals surface area (Å²) in [5.74, 6) is 0.991. The van der Waals surface area contributed by atoms with E-state index in [2.05, 4.69) is 48.4 Å². The second kappa shape index (κ2) is 6.83. The highest BCUT2D eigenvalue weighted by Gasteiger charge is 2.28. The van der Waals surface area contributed by atoms with Crippen molar-refractivity contribution in [2.24, 2.45) is 0 Å². The fourth-order valence-corrected chi connectivity index (χ4v) is 3.73. The van der Waals surface area contributed by atoms with Crippen molar-refractivity contribution in [3.8, 4) is 11.6 Å². The van der Waals surface area contributed by atoms with Gasteiger partial charge in [0.05, 0.1) is 5.52 Å². The molecule has 0 amide bonds. The third-order valence-electron chi connectivity index (χ3n) is 5.49. The Morgan fingerprint density at radius 2 is 1.80 bits per heavy atom. The molecule has 0 bridgehead atoms. The first-order chi connectivity index (χ1) is 14.4. The van der Waals surface area contributed by atoms with Crippen molar-refractivity contribution in [1.82, 2.24) is 15.2 Å². The number of hydrogen-bond acceptors (Lipinski definition) is 6. The zero-order valence-corrected chi connectivity index (χ0v) is 17.4. The minimum Gasteiger partial charge on any atom is -0.401 e. The highest BCUT2D eigenvalue weighted by Crippen LogP contribution is 2.44. The number of anilines is 3. The predicted octanol–water partition coefficient (Wildman–Crippen LogP) is 5.79. The molecule has 30 heavy (non-hydrogen) atoms. The molecule has 4 aromatic rings. The minimum atomic E-state index is -0.0594. The van der Waals surface area contributed by atoms with Gasteiger partial charge in [0.2, 0.25) is 0 Å². The van der Waals surface area contributed by atoms with Crippen LogP contribution in [0.3, 0.4) is 0 Å². The van der Waals surface area contributed by atoms with E-state index < -0.39 is 0 Å². The van der Waals surface area contributed by atoms with E-state index in [1.807, 2.05) is 36.4 Å². The first kappa shape index (κ1) is 18.6. The summed E-state index contributed by atoms with van der Waals surface area (Å²) in [4.78, 5) is 4.91. The van der Waals surface area contributed by atoms with Crippen LogP contribution in [0, 0.1) is 0 Å². The number of para-hydroxylation sites is 1. The summed E-state index contributed by atoms with van der Waals surface area (Å²) in [7, 11) is 0. The molecule has 0 aliphatic heterocycles. The number of nitrogens with zero attached hydrogens (tertiary/aromatic N) is 3. The Balaban J connectivity index is 1.58. The van der Waals surface area contributed by atoms with E-state index in [9.17, 15) is 0 Å². The molecule has 2 aromatic heterocycles. The molecular formula is C24H25N5O. The lowest BCUT2D eigenvalue weighted by Gasteiger charge is -2.23. The molecule has 1 aliphatic carbocycles. The maximum absolute atomic E-state index is 6.48. The van der Waals surface area contributed by atoms with Crippen molar-refractivity contribution in [3.63, 3.8) is 0 Å². The van der Waals surface area contributed by atoms with Gasteiger partial charge in [-0.15, -0.1) is 5.10 Å². The third kappa shape index (κ3) is 3.49. The molecule has 0 unspecified atom stereocenters. The van der Waals surface area contributed by atoms with Crippen molar-refractivity contribution in [2.75, 3.05) is 11.1 Å². The van der Waals surface area contributed by atoms with Gasteiger partial charge in [0.25, 0.3) is 5.89 Å². The van der Waals surface area contributed by atoms with E-state index >= 15 is 0 Å². The number of nitrogen functional groups attached to an aromatic ring is 1. The number of nitrogens with one attached hydrogen (secondary N) is 1. The van der Waals surface area contributed by atoms with E-state index in [1.54, 1.807) is 0 Å². The minimum absolute atomic E-state index is 0.0594. The summed E-state index contributed by atoms with van der Waals surface area (Å²) in [6, 6.07) is 16.3. The zero-order valence-electron chi connectivity index (χ0n) is 17.4. The summed E-state index contributed by atoms with van der Waals surface area (Å²) >= 11 is 0. The first-order valence-corrected chi connectivity index (χ1v) is 10.3. The molecule has 6 nitrogen and oxygen atoms in total. The number of rotatable bonds is 4. The standard InChI is InChI=1S/C24H25N5O/c1-24(2,3)18-12-15(14-9-10-14)11-17-19(25)13-20(27-21(17)18)22-28-29-23(30-22)26-16-7-5-4-6-8-16/h4-8,11-14H,9-10H2,1-3H3,(H2,25,27)(H,26,29). The van der Waals surface area contributed by atoms with Crippen molar-refractivity contribution in [2.45, 2.75) is 44.9 Å². The van der Waals surface area contributed by atoms with Crippen LogP contribution < -0.4 is 11.1 Å². The molecule has 2 aromatic carbocycles. The van der Waals surface area contributed by atoms with Gasteiger partial charge in [-0.05, 0) is 59.6 Å². The number of nitrogens with two attached hydrogens (primary N) is 1. The van der Waals surface area contributed by atoms with Gasteiger partial charge in [-0.25, -0.2) is 4.98 Å².